The van der Waals surface area contributed by atoms with Crippen molar-refractivity contribution in [2.75, 3.05) is 34.0 Å². The van der Waals surface area contributed by atoms with Gasteiger partial charge in [0.2, 0.25) is 6.49 Å². The molecule has 0 aliphatic carbocycles. The van der Waals surface area contributed by atoms with Crippen molar-refractivity contribution in [1.29, 1.82) is 0 Å². The summed E-state index contributed by atoms with van der Waals surface area (Å²) in [5.74, 6) is 0.511. The van der Waals surface area contributed by atoms with Gasteiger partial charge in [-0.15, -0.1) is 0 Å². The molecule has 30 heavy (non-hydrogen) atoms. The van der Waals surface area contributed by atoms with E-state index in [0.717, 1.165) is 0 Å². The van der Waals surface area contributed by atoms with Crippen LogP contribution in [-0.2, 0) is 25.6 Å². The second kappa shape index (κ2) is 10.9. The third kappa shape index (κ3) is 7.55. The summed E-state index contributed by atoms with van der Waals surface area (Å²) in [4.78, 5) is 0. The molecule has 2 unspecified atom stereocenters. The van der Waals surface area contributed by atoms with Crippen LogP contribution in [0.1, 0.15) is 25.0 Å². The van der Waals surface area contributed by atoms with Crippen LogP contribution >= 0.6 is 30.0 Å². The van der Waals surface area contributed by atoms with Crippen LogP contribution < -0.4 is 9.61 Å². The van der Waals surface area contributed by atoms with Gasteiger partial charge < -0.3 is 23.4 Å². The second-order valence-corrected chi connectivity index (χ2v) is 11.5. The summed E-state index contributed by atoms with van der Waals surface area (Å²) in [6.45, 7) is 1.88. The lowest BCUT2D eigenvalue weighted by Gasteiger charge is -2.35. The Balaban J connectivity index is 3.64. The molecule has 0 aliphatic heterocycles. The van der Waals surface area contributed by atoms with E-state index in [1.54, 1.807) is 33.9 Å². The van der Waals surface area contributed by atoms with E-state index in [2.05, 4.69) is 5.32 Å². The molecule has 1 aromatic rings. The Morgan fingerprint density at radius 1 is 1.27 bits per heavy atom. The Morgan fingerprint density at radius 2 is 1.87 bits per heavy atom. The number of rotatable bonds is 10. The molecule has 1 aromatic carbocycles. The predicted molar refractivity (Wildman–Crippen MR) is 118 cm³/mol. The average Bonchev–Trinajstić information content (AvgIpc) is 2.63. The number of allylic oxidation sites excluding steroid dienone is 1. The average molecular weight is 510 g/mol. The highest BCUT2D eigenvalue weighted by molar-refractivity contribution is 8.09. The molecule has 0 spiro atoms. The number of nitrogens with one attached hydrogen (secondary N) is 1. The maximum Gasteiger partial charge on any atom is 0.412 e. The minimum atomic E-state index is -4.53. The fourth-order valence-corrected chi connectivity index (χ4v) is 4.74. The van der Waals surface area contributed by atoms with Gasteiger partial charge in [0.05, 0.1) is 12.1 Å². The van der Waals surface area contributed by atoms with Gasteiger partial charge in [-0.2, -0.15) is 13.2 Å². The van der Waals surface area contributed by atoms with Crippen molar-refractivity contribution in [1.82, 2.24) is 5.32 Å². The monoisotopic (exact) mass is 509 g/mol. The summed E-state index contributed by atoms with van der Waals surface area (Å²) in [6.07, 6.45) is -4.53. The lowest BCUT2D eigenvalue weighted by atomic mass is 9.91. The molecule has 1 N–H and O–H groups in total. The van der Waals surface area contributed by atoms with Gasteiger partial charge >= 0.3 is 6.18 Å². The number of aryl methyl sites for hydroxylation is 1. The van der Waals surface area contributed by atoms with Crippen molar-refractivity contribution >= 4 is 47.3 Å². The molecule has 0 heterocycles. The molecule has 0 aromatic heterocycles. The molecule has 2 atom stereocenters. The molecule has 0 saturated heterocycles. The highest BCUT2D eigenvalue weighted by Crippen LogP contribution is 2.51. The standard InChI is InChI=1S/C18H25Cl2F3NO4PS/c1-11-7-13(19)8-14(27-20)15(11)12(2)16(17(3,24-4)9-25-5)28-29(6,30)26-10-18(21,22)23/h7-8,24H,9-10H2,1-6H3/b16-12-. The van der Waals surface area contributed by atoms with E-state index in [1.807, 2.05) is 0 Å². The summed E-state index contributed by atoms with van der Waals surface area (Å²) in [5.41, 5.74) is 0.859. The van der Waals surface area contributed by atoms with Gasteiger partial charge in [0.25, 0.3) is 0 Å². The Labute approximate surface area is 190 Å². The summed E-state index contributed by atoms with van der Waals surface area (Å²) in [7, 11) is 3.16. The van der Waals surface area contributed by atoms with E-state index in [0.29, 0.717) is 21.7 Å². The summed E-state index contributed by atoms with van der Waals surface area (Å²) in [5, 5.41) is 3.49. The number of likely N-dealkylation sites (N-methyl/N-ethyl adjacent to an activating group) is 1. The largest absolute Gasteiger partial charge is 0.446 e. The van der Waals surface area contributed by atoms with Crippen LogP contribution in [-0.4, -0.2) is 45.8 Å². The van der Waals surface area contributed by atoms with E-state index in [4.69, 9.17) is 53.3 Å². The quantitative estimate of drug-likeness (QED) is 0.305. The van der Waals surface area contributed by atoms with Crippen LogP contribution in [0.2, 0.25) is 5.02 Å². The number of halogens is 5. The van der Waals surface area contributed by atoms with E-state index < -0.39 is 24.8 Å². The number of hydrogen-bond donors (Lipinski definition) is 1. The SMILES string of the molecule is CNC(C)(COC)/C(OP(C)(=S)OCC(F)(F)F)=C(\C)c1c(C)cc(Cl)cc1OCl. The number of benzene rings is 1. The maximum atomic E-state index is 12.7. The molecule has 0 fully saturated rings. The van der Waals surface area contributed by atoms with Crippen molar-refractivity contribution in [3.8, 4) is 5.75 Å². The third-order valence-corrected chi connectivity index (χ3v) is 6.31. The molecule has 172 valence electrons. The lowest BCUT2D eigenvalue weighted by molar-refractivity contribution is -0.153. The zero-order valence-electron chi connectivity index (χ0n) is 17.4. The Hall–Kier alpha value is -0.540. The van der Waals surface area contributed by atoms with E-state index in [1.165, 1.54) is 19.8 Å². The highest BCUT2D eigenvalue weighted by Gasteiger charge is 2.37. The Kier molecular flexibility index (Phi) is 9.95. The van der Waals surface area contributed by atoms with Crippen LogP contribution in [0, 0.1) is 6.92 Å². The zero-order valence-corrected chi connectivity index (χ0v) is 20.7. The summed E-state index contributed by atoms with van der Waals surface area (Å²) < 4.78 is 59.1. The Morgan fingerprint density at radius 3 is 2.33 bits per heavy atom. The highest BCUT2D eigenvalue weighted by atomic mass is 35.5. The lowest BCUT2D eigenvalue weighted by Crippen LogP contribution is -2.47. The van der Waals surface area contributed by atoms with Crippen molar-refractivity contribution in [2.45, 2.75) is 32.5 Å². The van der Waals surface area contributed by atoms with Gasteiger partial charge in [0.1, 0.15) is 17.6 Å². The molecule has 0 saturated carbocycles. The van der Waals surface area contributed by atoms with Crippen molar-refractivity contribution in [3.63, 3.8) is 0 Å². The first-order valence-corrected chi connectivity index (χ1v) is 12.4. The van der Waals surface area contributed by atoms with Crippen LogP contribution in [0.15, 0.2) is 17.9 Å². The zero-order chi connectivity index (χ0) is 23.3. The van der Waals surface area contributed by atoms with Crippen LogP contribution in [0.4, 0.5) is 13.2 Å². The van der Waals surface area contributed by atoms with Gasteiger partial charge in [-0.1, -0.05) is 11.6 Å². The first-order chi connectivity index (χ1) is 13.7. The van der Waals surface area contributed by atoms with Gasteiger partial charge in [-0.05, 0) is 51.3 Å². The molecule has 0 bridgehead atoms. The molecule has 0 aliphatic rings. The number of hydrogen-bond acceptors (Lipinski definition) is 6. The minimum Gasteiger partial charge on any atom is -0.446 e. The number of alkyl halides is 3. The number of methoxy groups -OCH3 is 1. The van der Waals surface area contributed by atoms with Crippen molar-refractivity contribution in [2.24, 2.45) is 0 Å². The molecule has 0 radical (unpaired) electrons. The first-order valence-electron chi connectivity index (χ1n) is 8.66. The van der Waals surface area contributed by atoms with E-state index in [9.17, 15) is 13.2 Å². The third-order valence-electron chi connectivity index (χ3n) is 4.27. The van der Waals surface area contributed by atoms with Gasteiger partial charge in [-0.3, -0.25) is 0 Å². The molecule has 0 amide bonds. The smallest absolute Gasteiger partial charge is 0.412 e. The van der Waals surface area contributed by atoms with Gasteiger partial charge in [-0.25, -0.2) is 0 Å². The molecular weight excluding hydrogens is 485 g/mol. The normalized spacial score (nSPS) is 17.0. The Bertz CT molecular complexity index is 838. The summed E-state index contributed by atoms with van der Waals surface area (Å²) in [6, 6.07) is 3.22. The molecule has 12 heteroatoms. The van der Waals surface area contributed by atoms with Crippen LogP contribution in [0.25, 0.3) is 5.57 Å². The predicted octanol–water partition coefficient (Wildman–Crippen LogP) is 6.07. The molecular formula is C18H25Cl2F3NO4PS. The fourth-order valence-electron chi connectivity index (χ4n) is 2.87. The maximum absolute atomic E-state index is 12.7. The fraction of sp³-hybridized carbons (Fsp3) is 0.556. The van der Waals surface area contributed by atoms with E-state index >= 15 is 0 Å². The van der Waals surface area contributed by atoms with Crippen molar-refractivity contribution in [3.05, 3.63) is 34.0 Å². The van der Waals surface area contributed by atoms with E-state index in [-0.39, 0.29) is 18.1 Å². The van der Waals surface area contributed by atoms with Crippen molar-refractivity contribution < 1.29 is 31.2 Å². The summed E-state index contributed by atoms with van der Waals surface area (Å²) >= 11 is 17.0. The van der Waals surface area contributed by atoms with Gasteiger partial charge in [0.15, 0.2) is 12.4 Å². The number of ether oxygens (including phenoxy) is 1. The second-order valence-electron chi connectivity index (χ2n) is 6.89. The van der Waals surface area contributed by atoms with Gasteiger partial charge in [0, 0.05) is 36.0 Å². The molecule has 1 rings (SSSR count). The van der Waals surface area contributed by atoms with Crippen LogP contribution in [0.3, 0.4) is 0 Å². The minimum absolute atomic E-state index is 0.133. The first kappa shape index (κ1) is 27.5. The van der Waals surface area contributed by atoms with Crippen LogP contribution in [0.5, 0.6) is 5.75 Å². The topological polar surface area (TPSA) is 49.0 Å². The molecule has 5 nitrogen and oxygen atoms in total.